The number of halogens is 3. The molecule has 0 heterocycles. The minimum absolute atomic E-state index is 0.00630. The second kappa shape index (κ2) is 4.28. The lowest BCUT2D eigenvalue weighted by Crippen LogP contribution is -2.21. The molecule has 1 unspecified atom stereocenters. The highest BCUT2D eigenvalue weighted by Gasteiger charge is 2.25. The van der Waals surface area contributed by atoms with Crippen molar-refractivity contribution in [2.75, 3.05) is 0 Å². The molecule has 0 aromatic heterocycles. The molecule has 1 aromatic carbocycles. The van der Waals surface area contributed by atoms with Gasteiger partial charge >= 0.3 is 0 Å². The molecule has 0 saturated heterocycles. The monoisotopic (exact) mass is 247 g/mol. The molecule has 0 spiro atoms. The maximum absolute atomic E-state index is 13.3. The van der Waals surface area contributed by atoms with Crippen molar-refractivity contribution in [2.24, 2.45) is 0 Å². The van der Waals surface area contributed by atoms with Crippen LogP contribution in [0.4, 0.5) is 4.39 Å². The van der Waals surface area contributed by atoms with Crippen LogP contribution in [0.2, 0.25) is 10.0 Å². The van der Waals surface area contributed by atoms with Crippen molar-refractivity contribution in [1.82, 2.24) is 5.32 Å². The minimum Gasteiger partial charge on any atom is -0.307 e. The standard InChI is InChI=1S/C11H12Cl2FN/c1-6(15-7-2-3-7)10-8(12)4-5-9(14)11(10)13/h4-7,15H,2-3H2,1H3. The summed E-state index contributed by atoms with van der Waals surface area (Å²) in [7, 11) is 0. The lowest BCUT2D eigenvalue weighted by atomic mass is 10.1. The Morgan fingerprint density at radius 1 is 1.40 bits per heavy atom. The van der Waals surface area contributed by atoms with Crippen LogP contribution in [0.1, 0.15) is 31.4 Å². The van der Waals surface area contributed by atoms with E-state index in [-0.39, 0.29) is 11.1 Å². The zero-order valence-corrected chi connectivity index (χ0v) is 9.87. The first kappa shape index (κ1) is 11.2. The lowest BCUT2D eigenvalue weighted by molar-refractivity contribution is 0.562. The first-order valence-electron chi connectivity index (χ1n) is 4.99. The van der Waals surface area contributed by atoms with Gasteiger partial charge in [-0.1, -0.05) is 23.2 Å². The van der Waals surface area contributed by atoms with E-state index in [0.717, 1.165) is 0 Å². The quantitative estimate of drug-likeness (QED) is 0.798. The van der Waals surface area contributed by atoms with Gasteiger partial charge in [-0.2, -0.15) is 0 Å². The highest BCUT2D eigenvalue weighted by atomic mass is 35.5. The molecule has 1 aromatic rings. The molecule has 2 rings (SSSR count). The Morgan fingerprint density at radius 2 is 2.07 bits per heavy atom. The molecule has 0 amide bonds. The summed E-state index contributed by atoms with van der Waals surface area (Å²) in [6.07, 6.45) is 2.35. The summed E-state index contributed by atoms with van der Waals surface area (Å²) in [6.45, 7) is 1.95. The molecular formula is C11H12Cl2FN. The Labute approximate surface area is 98.6 Å². The Bertz CT molecular complexity index is 377. The molecule has 82 valence electrons. The van der Waals surface area contributed by atoms with Crippen molar-refractivity contribution in [3.8, 4) is 0 Å². The third-order valence-corrected chi connectivity index (χ3v) is 3.29. The fourth-order valence-electron chi connectivity index (χ4n) is 1.63. The predicted octanol–water partition coefficient (Wildman–Crippen LogP) is 3.95. The van der Waals surface area contributed by atoms with Gasteiger partial charge in [0, 0.05) is 22.7 Å². The molecule has 1 nitrogen and oxygen atoms in total. The van der Waals surface area contributed by atoms with E-state index in [1.807, 2.05) is 6.92 Å². The molecule has 1 N–H and O–H groups in total. The van der Waals surface area contributed by atoms with Crippen LogP contribution in [0.25, 0.3) is 0 Å². The lowest BCUT2D eigenvalue weighted by Gasteiger charge is -2.17. The van der Waals surface area contributed by atoms with E-state index < -0.39 is 5.82 Å². The van der Waals surface area contributed by atoms with Crippen LogP contribution in [0.15, 0.2) is 12.1 Å². The summed E-state index contributed by atoms with van der Waals surface area (Å²) in [5.74, 6) is -0.416. The summed E-state index contributed by atoms with van der Waals surface area (Å²) in [5, 5.41) is 3.99. The summed E-state index contributed by atoms with van der Waals surface area (Å²) < 4.78 is 13.3. The zero-order valence-electron chi connectivity index (χ0n) is 8.36. The van der Waals surface area contributed by atoms with E-state index in [1.54, 1.807) is 6.07 Å². The predicted molar refractivity (Wildman–Crippen MR) is 61.0 cm³/mol. The van der Waals surface area contributed by atoms with Crippen LogP contribution >= 0.6 is 23.2 Å². The van der Waals surface area contributed by atoms with Crippen LogP contribution < -0.4 is 5.32 Å². The van der Waals surface area contributed by atoms with E-state index >= 15 is 0 Å². The molecule has 1 aliphatic rings. The largest absolute Gasteiger partial charge is 0.307 e. The van der Waals surface area contributed by atoms with Crippen molar-refractivity contribution in [2.45, 2.75) is 31.8 Å². The Morgan fingerprint density at radius 3 is 2.67 bits per heavy atom. The smallest absolute Gasteiger partial charge is 0.142 e. The van der Waals surface area contributed by atoms with Gasteiger partial charge in [-0.3, -0.25) is 0 Å². The molecule has 1 aliphatic carbocycles. The van der Waals surface area contributed by atoms with E-state index in [1.165, 1.54) is 18.9 Å². The second-order valence-corrected chi connectivity index (χ2v) is 4.70. The molecule has 1 atom stereocenters. The zero-order chi connectivity index (χ0) is 11.0. The number of hydrogen-bond acceptors (Lipinski definition) is 1. The minimum atomic E-state index is -0.416. The summed E-state index contributed by atoms with van der Waals surface area (Å²) in [4.78, 5) is 0. The molecule has 0 aliphatic heterocycles. The first-order chi connectivity index (χ1) is 7.09. The molecule has 15 heavy (non-hydrogen) atoms. The topological polar surface area (TPSA) is 12.0 Å². The van der Waals surface area contributed by atoms with Gasteiger partial charge in [-0.15, -0.1) is 0 Å². The second-order valence-electron chi connectivity index (χ2n) is 3.92. The first-order valence-corrected chi connectivity index (χ1v) is 5.74. The molecule has 1 saturated carbocycles. The van der Waals surface area contributed by atoms with E-state index in [4.69, 9.17) is 23.2 Å². The van der Waals surface area contributed by atoms with Crippen LogP contribution in [-0.2, 0) is 0 Å². The van der Waals surface area contributed by atoms with Crippen LogP contribution in [-0.4, -0.2) is 6.04 Å². The third kappa shape index (κ3) is 2.44. The highest BCUT2D eigenvalue weighted by molar-refractivity contribution is 6.36. The van der Waals surface area contributed by atoms with Crippen LogP contribution in [0.5, 0.6) is 0 Å². The summed E-state index contributed by atoms with van der Waals surface area (Å²) >= 11 is 11.9. The molecule has 1 fully saturated rings. The van der Waals surface area contributed by atoms with Crippen molar-refractivity contribution in [3.05, 3.63) is 33.6 Å². The average Bonchev–Trinajstić information content (AvgIpc) is 2.96. The molecule has 4 heteroatoms. The number of rotatable bonds is 3. The van der Waals surface area contributed by atoms with Gasteiger partial charge in [-0.25, -0.2) is 4.39 Å². The number of nitrogens with one attached hydrogen (secondary N) is 1. The van der Waals surface area contributed by atoms with Gasteiger partial charge in [0.2, 0.25) is 0 Å². The van der Waals surface area contributed by atoms with Crippen molar-refractivity contribution < 1.29 is 4.39 Å². The van der Waals surface area contributed by atoms with Crippen LogP contribution in [0.3, 0.4) is 0 Å². The van der Waals surface area contributed by atoms with Gasteiger partial charge in [0.15, 0.2) is 0 Å². The maximum Gasteiger partial charge on any atom is 0.142 e. The molecular weight excluding hydrogens is 236 g/mol. The van der Waals surface area contributed by atoms with E-state index in [9.17, 15) is 4.39 Å². The fourth-order valence-corrected chi connectivity index (χ4v) is 2.32. The third-order valence-electron chi connectivity index (χ3n) is 2.58. The Kier molecular flexibility index (Phi) is 3.19. The maximum atomic E-state index is 13.3. The number of benzene rings is 1. The van der Waals surface area contributed by atoms with Gasteiger partial charge in [0.05, 0.1) is 5.02 Å². The summed E-state index contributed by atoms with van der Waals surface area (Å²) in [5.41, 5.74) is 0.658. The Balaban J connectivity index is 2.27. The number of hydrogen-bond donors (Lipinski definition) is 1. The highest BCUT2D eigenvalue weighted by Crippen LogP contribution is 2.34. The van der Waals surface area contributed by atoms with Crippen molar-refractivity contribution in [1.29, 1.82) is 0 Å². The van der Waals surface area contributed by atoms with E-state index in [2.05, 4.69) is 5.32 Å². The molecule has 0 bridgehead atoms. The molecule has 0 radical (unpaired) electrons. The average molecular weight is 248 g/mol. The van der Waals surface area contributed by atoms with Crippen LogP contribution in [0, 0.1) is 5.82 Å². The van der Waals surface area contributed by atoms with Crippen molar-refractivity contribution >= 4 is 23.2 Å². The van der Waals surface area contributed by atoms with Gasteiger partial charge in [0.25, 0.3) is 0 Å². The summed E-state index contributed by atoms with van der Waals surface area (Å²) in [6, 6.07) is 3.37. The SMILES string of the molecule is CC(NC1CC1)c1c(Cl)ccc(F)c1Cl. The van der Waals surface area contributed by atoms with Gasteiger partial charge < -0.3 is 5.32 Å². The fraction of sp³-hybridized carbons (Fsp3) is 0.455. The van der Waals surface area contributed by atoms with Gasteiger partial charge in [0.1, 0.15) is 5.82 Å². The van der Waals surface area contributed by atoms with E-state index in [0.29, 0.717) is 16.6 Å². The van der Waals surface area contributed by atoms with Gasteiger partial charge in [-0.05, 0) is 31.9 Å². The Hall–Kier alpha value is -0.310. The normalized spacial score (nSPS) is 17.9. The van der Waals surface area contributed by atoms with Crippen molar-refractivity contribution in [3.63, 3.8) is 0 Å².